The molecule has 0 bridgehead atoms. The monoisotopic (exact) mass is 452 g/mol. The lowest BCUT2D eigenvalue weighted by molar-refractivity contribution is 0.0730. The van der Waals surface area contributed by atoms with Crippen LogP contribution in [0.15, 0.2) is 41.3 Å². The largest absolute Gasteiger partial charge is 0.492 e. The van der Waals surface area contributed by atoms with Gasteiger partial charge in [-0.15, -0.1) is 0 Å². The Morgan fingerprint density at radius 2 is 1.83 bits per heavy atom. The first-order valence-corrected chi connectivity index (χ1v) is 11.5. The predicted molar refractivity (Wildman–Crippen MR) is 115 cm³/mol. The quantitative estimate of drug-likeness (QED) is 0.653. The van der Waals surface area contributed by atoms with Gasteiger partial charge < -0.3 is 14.8 Å². The molecule has 0 spiro atoms. The molecule has 1 fully saturated rings. The van der Waals surface area contributed by atoms with E-state index in [2.05, 4.69) is 5.32 Å². The Balaban J connectivity index is 1.62. The first-order valence-electron chi connectivity index (χ1n) is 9.65. The summed E-state index contributed by atoms with van der Waals surface area (Å²) in [6.07, 6.45) is 0. The molecule has 1 N–H and O–H groups in total. The smallest absolute Gasteiger partial charge is 0.251 e. The average molecular weight is 453 g/mol. The van der Waals surface area contributed by atoms with Crippen LogP contribution in [0.5, 0.6) is 5.75 Å². The number of rotatable bonds is 7. The first kappa shape index (κ1) is 22.6. The van der Waals surface area contributed by atoms with Gasteiger partial charge in [0.05, 0.1) is 24.7 Å². The molecule has 30 heavy (non-hydrogen) atoms. The lowest BCUT2D eigenvalue weighted by Crippen LogP contribution is -2.40. The summed E-state index contributed by atoms with van der Waals surface area (Å²) >= 11 is 6.07. The molecule has 0 aromatic heterocycles. The number of nitrogens with zero attached hydrogens (tertiary/aromatic N) is 1. The van der Waals surface area contributed by atoms with Crippen molar-refractivity contribution in [1.29, 1.82) is 0 Å². The summed E-state index contributed by atoms with van der Waals surface area (Å²) in [6.45, 7) is 5.54. The molecule has 2 aromatic rings. The van der Waals surface area contributed by atoms with Gasteiger partial charge in [0.25, 0.3) is 5.91 Å². The number of aryl methyl sites for hydroxylation is 2. The van der Waals surface area contributed by atoms with E-state index in [1.54, 1.807) is 19.1 Å². The zero-order valence-corrected chi connectivity index (χ0v) is 18.6. The normalized spacial score (nSPS) is 15.0. The Morgan fingerprint density at radius 1 is 1.13 bits per heavy atom. The Morgan fingerprint density at radius 3 is 2.53 bits per heavy atom. The Labute approximate surface area is 182 Å². The highest BCUT2D eigenvalue weighted by molar-refractivity contribution is 7.89. The average Bonchev–Trinajstić information content (AvgIpc) is 2.74. The minimum atomic E-state index is -3.67. The number of amides is 1. The number of ether oxygens (including phenoxy) is 2. The van der Waals surface area contributed by atoms with E-state index in [0.29, 0.717) is 48.2 Å². The van der Waals surface area contributed by atoms with Crippen molar-refractivity contribution in [3.63, 3.8) is 0 Å². The van der Waals surface area contributed by atoms with Crippen LogP contribution in [0.2, 0.25) is 5.02 Å². The van der Waals surface area contributed by atoms with Crippen LogP contribution in [0.4, 0.5) is 0 Å². The fourth-order valence-electron chi connectivity index (χ4n) is 3.03. The van der Waals surface area contributed by atoms with Gasteiger partial charge in [-0.2, -0.15) is 4.31 Å². The van der Waals surface area contributed by atoms with Gasteiger partial charge in [-0.1, -0.05) is 23.7 Å². The lowest BCUT2D eigenvalue weighted by Gasteiger charge is -2.26. The number of benzene rings is 2. The second-order valence-corrected chi connectivity index (χ2v) is 9.35. The van der Waals surface area contributed by atoms with Gasteiger partial charge in [-0.25, -0.2) is 8.42 Å². The Hall–Kier alpha value is -2.13. The molecular formula is C21H25ClN2O5S. The lowest BCUT2D eigenvalue weighted by atomic mass is 10.1. The zero-order chi connectivity index (χ0) is 21.7. The molecule has 1 heterocycles. The van der Waals surface area contributed by atoms with Gasteiger partial charge in [0.2, 0.25) is 10.0 Å². The van der Waals surface area contributed by atoms with Crippen LogP contribution >= 0.6 is 11.6 Å². The van der Waals surface area contributed by atoms with Gasteiger partial charge in [0, 0.05) is 23.7 Å². The van der Waals surface area contributed by atoms with Gasteiger partial charge in [-0.3, -0.25) is 4.79 Å². The summed E-state index contributed by atoms with van der Waals surface area (Å²) in [5.74, 6) is 0.270. The number of carbonyl (C=O) groups excluding carboxylic acids is 1. The molecule has 2 aromatic carbocycles. The molecule has 0 unspecified atom stereocenters. The maximum atomic E-state index is 12.8. The number of hydrogen-bond donors (Lipinski definition) is 1. The van der Waals surface area contributed by atoms with Crippen LogP contribution in [-0.4, -0.2) is 58.1 Å². The second-order valence-electron chi connectivity index (χ2n) is 7.01. The summed E-state index contributed by atoms with van der Waals surface area (Å²) in [7, 11) is -3.67. The van der Waals surface area contributed by atoms with Crippen LogP contribution in [0.3, 0.4) is 0 Å². The van der Waals surface area contributed by atoms with E-state index in [-0.39, 0.29) is 24.0 Å². The van der Waals surface area contributed by atoms with E-state index >= 15 is 0 Å². The second kappa shape index (κ2) is 9.78. The number of hydrogen-bond acceptors (Lipinski definition) is 5. The molecule has 1 aliphatic heterocycles. The minimum Gasteiger partial charge on any atom is -0.492 e. The Kier molecular flexibility index (Phi) is 7.36. The van der Waals surface area contributed by atoms with E-state index in [9.17, 15) is 13.2 Å². The summed E-state index contributed by atoms with van der Waals surface area (Å²) < 4.78 is 37.9. The fraction of sp³-hybridized carbons (Fsp3) is 0.381. The highest BCUT2D eigenvalue weighted by atomic mass is 35.5. The maximum absolute atomic E-state index is 12.8. The molecular weight excluding hydrogens is 428 g/mol. The fourth-order valence-corrected chi connectivity index (χ4v) is 4.64. The highest BCUT2D eigenvalue weighted by Crippen LogP contribution is 2.22. The van der Waals surface area contributed by atoms with Crippen molar-refractivity contribution >= 4 is 27.5 Å². The number of morpholine rings is 1. The van der Waals surface area contributed by atoms with Crippen LogP contribution in [0.1, 0.15) is 21.5 Å². The molecule has 9 heteroatoms. The van der Waals surface area contributed by atoms with E-state index in [1.807, 2.05) is 19.1 Å². The van der Waals surface area contributed by atoms with Crippen LogP contribution in [0, 0.1) is 13.8 Å². The van der Waals surface area contributed by atoms with Crippen molar-refractivity contribution in [2.45, 2.75) is 18.7 Å². The zero-order valence-electron chi connectivity index (χ0n) is 17.0. The van der Waals surface area contributed by atoms with Crippen LogP contribution in [0.25, 0.3) is 0 Å². The number of nitrogens with one attached hydrogen (secondary N) is 1. The molecule has 1 aliphatic rings. The van der Waals surface area contributed by atoms with Gasteiger partial charge >= 0.3 is 0 Å². The van der Waals surface area contributed by atoms with Crippen molar-refractivity contribution in [2.75, 3.05) is 39.5 Å². The summed E-state index contributed by atoms with van der Waals surface area (Å²) in [5, 5.41) is 3.39. The molecule has 1 amide bonds. The molecule has 1 saturated heterocycles. The topological polar surface area (TPSA) is 84.9 Å². The Bertz CT molecular complexity index is 1020. The third-order valence-electron chi connectivity index (χ3n) is 4.86. The molecule has 162 valence electrons. The summed E-state index contributed by atoms with van der Waals surface area (Å²) in [4.78, 5) is 12.7. The van der Waals surface area contributed by atoms with Crippen molar-refractivity contribution in [3.8, 4) is 5.75 Å². The van der Waals surface area contributed by atoms with E-state index in [0.717, 1.165) is 5.56 Å². The van der Waals surface area contributed by atoms with Crippen LogP contribution < -0.4 is 10.1 Å². The van der Waals surface area contributed by atoms with Gasteiger partial charge in [0.15, 0.2) is 0 Å². The van der Waals surface area contributed by atoms with E-state index < -0.39 is 10.0 Å². The maximum Gasteiger partial charge on any atom is 0.251 e. The van der Waals surface area contributed by atoms with E-state index in [4.69, 9.17) is 21.1 Å². The minimum absolute atomic E-state index is 0.102. The van der Waals surface area contributed by atoms with Crippen molar-refractivity contribution in [1.82, 2.24) is 9.62 Å². The molecule has 0 aliphatic carbocycles. The van der Waals surface area contributed by atoms with Crippen LogP contribution in [-0.2, 0) is 14.8 Å². The van der Waals surface area contributed by atoms with Gasteiger partial charge in [-0.05, 0) is 49.2 Å². The molecule has 3 rings (SSSR count). The van der Waals surface area contributed by atoms with Crippen molar-refractivity contribution in [2.24, 2.45) is 0 Å². The molecule has 0 saturated carbocycles. The summed E-state index contributed by atoms with van der Waals surface area (Å²) in [6, 6.07) is 10.0. The van der Waals surface area contributed by atoms with Crippen molar-refractivity contribution < 1.29 is 22.7 Å². The van der Waals surface area contributed by atoms with Gasteiger partial charge in [0.1, 0.15) is 12.4 Å². The third kappa shape index (κ3) is 5.31. The molecule has 0 radical (unpaired) electrons. The predicted octanol–water partition coefficient (Wildman–Crippen LogP) is 2.79. The number of carbonyl (C=O) groups is 1. The van der Waals surface area contributed by atoms with E-state index in [1.165, 1.54) is 16.4 Å². The van der Waals surface area contributed by atoms with Crippen molar-refractivity contribution in [3.05, 3.63) is 58.1 Å². The third-order valence-corrected chi connectivity index (χ3v) is 7.16. The molecule has 7 nitrogen and oxygen atoms in total. The number of sulfonamides is 1. The molecule has 0 atom stereocenters. The highest BCUT2D eigenvalue weighted by Gasteiger charge is 2.27. The number of halogens is 1. The first-order chi connectivity index (χ1) is 14.3. The summed E-state index contributed by atoms with van der Waals surface area (Å²) in [5.41, 5.74) is 1.97. The SMILES string of the molecule is Cc1ccc(OCCNC(=O)c2cc(S(=O)(=O)N3CCOCC3)ccc2C)cc1Cl. The standard InChI is InChI=1S/C21H25ClN2O5S/c1-15-4-6-18(30(26,27)24-8-11-28-12-9-24)14-19(15)21(25)23-7-10-29-17-5-3-16(2)20(22)13-17/h3-6,13-14H,7-12H2,1-2H3,(H,23,25).